The second-order valence-electron chi connectivity index (χ2n) is 1.56. The zero-order valence-corrected chi connectivity index (χ0v) is 5.82. The van der Waals surface area contributed by atoms with Gasteiger partial charge in [-0.25, -0.2) is 0 Å². The van der Waals surface area contributed by atoms with E-state index in [1.807, 2.05) is 0 Å². The van der Waals surface area contributed by atoms with Crippen LogP contribution >= 0.6 is 11.8 Å². The predicted molar refractivity (Wildman–Crippen MR) is 35.8 cm³/mol. The van der Waals surface area contributed by atoms with Crippen molar-refractivity contribution in [3.8, 4) is 0 Å². The highest BCUT2D eigenvalue weighted by Gasteiger charge is 1.93. The summed E-state index contributed by atoms with van der Waals surface area (Å²) in [6.07, 6.45) is -0.0382. The molecular weight excluding hydrogens is 124 g/mol. The fourth-order valence-corrected chi connectivity index (χ4v) is 0.999. The van der Waals surface area contributed by atoms with E-state index in [2.05, 4.69) is 6.92 Å². The van der Waals surface area contributed by atoms with Gasteiger partial charge < -0.3 is 10.2 Å². The van der Waals surface area contributed by atoms with E-state index < -0.39 is 6.29 Å². The Bertz CT molecular complexity index is 47.7. The summed E-state index contributed by atoms with van der Waals surface area (Å²) in [5.41, 5.74) is 0. The highest BCUT2D eigenvalue weighted by atomic mass is 32.2. The first-order valence-corrected chi connectivity index (χ1v) is 3.86. The Labute approximate surface area is 53.9 Å². The Morgan fingerprint density at radius 3 is 2.50 bits per heavy atom. The van der Waals surface area contributed by atoms with Gasteiger partial charge in [0.2, 0.25) is 0 Å². The van der Waals surface area contributed by atoms with Crippen LogP contribution in [0.25, 0.3) is 0 Å². The lowest BCUT2D eigenvalue weighted by Crippen LogP contribution is -2.07. The molecule has 0 bridgehead atoms. The largest absolute Gasteiger partial charge is 0.367 e. The quantitative estimate of drug-likeness (QED) is 0.435. The van der Waals surface area contributed by atoms with Gasteiger partial charge >= 0.3 is 0 Å². The number of aliphatic hydroxyl groups is 2. The number of hydrogen-bond donors (Lipinski definition) is 2. The Morgan fingerprint density at radius 1 is 1.50 bits per heavy atom. The lowest BCUT2D eigenvalue weighted by atomic mass is 10.6. The fourth-order valence-electron chi connectivity index (χ4n) is 0.333. The van der Waals surface area contributed by atoms with Gasteiger partial charge in [-0.1, -0.05) is 6.92 Å². The van der Waals surface area contributed by atoms with E-state index in [1.165, 1.54) is 0 Å². The standard InChI is InChI=1S/C5H12O2S/c1-2-3-8-4-5(6)7/h5-7H,2-4H2,1H3. The van der Waals surface area contributed by atoms with Gasteiger partial charge in [0.25, 0.3) is 0 Å². The van der Waals surface area contributed by atoms with Crippen molar-refractivity contribution in [1.29, 1.82) is 0 Å². The first-order chi connectivity index (χ1) is 3.77. The summed E-state index contributed by atoms with van der Waals surface area (Å²) in [6, 6.07) is 0. The molecule has 0 amide bonds. The molecule has 0 rings (SSSR count). The third-order valence-electron chi connectivity index (χ3n) is 0.615. The van der Waals surface area contributed by atoms with Gasteiger partial charge in [0.1, 0.15) is 0 Å². The Hall–Kier alpha value is 0.270. The van der Waals surface area contributed by atoms with Crippen molar-refractivity contribution >= 4 is 11.8 Å². The second kappa shape index (κ2) is 5.41. The summed E-state index contributed by atoms with van der Waals surface area (Å²) in [5.74, 6) is 1.45. The summed E-state index contributed by atoms with van der Waals surface area (Å²) < 4.78 is 0. The van der Waals surface area contributed by atoms with Crippen LogP contribution in [-0.2, 0) is 0 Å². The highest BCUT2D eigenvalue weighted by molar-refractivity contribution is 7.99. The van der Waals surface area contributed by atoms with Crippen molar-refractivity contribution < 1.29 is 10.2 Å². The van der Waals surface area contributed by atoms with Crippen molar-refractivity contribution in [3.05, 3.63) is 0 Å². The van der Waals surface area contributed by atoms with Crippen molar-refractivity contribution in [1.82, 2.24) is 0 Å². The van der Waals surface area contributed by atoms with E-state index in [0.29, 0.717) is 5.75 Å². The van der Waals surface area contributed by atoms with Crippen molar-refractivity contribution in [3.63, 3.8) is 0 Å². The second-order valence-corrected chi connectivity index (χ2v) is 2.71. The van der Waals surface area contributed by atoms with Crippen LogP contribution in [0.15, 0.2) is 0 Å². The molecule has 8 heavy (non-hydrogen) atoms. The van der Waals surface area contributed by atoms with Crippen LogP contribution in [0, 0.1) is 0 Å². The molecule has 0 aromatic heterocycles. The van der Waals surface area contributed by atoms with Gasteiger partial charge in [0, 0.05) is 5.75 Å². The van der Waals surface area contributed by atoms with Gasteiger partial charge in [-0.15, -0.1) is 0 Å². The number of rotatable bonds is 4. The molecule has 2 N–H and O–H groups in total. The molecule has 2 nitrogen and oxygen atoms in total. The zero-order chi connectivity index (χ0) is 6.41. The molecule has 50 valence electrons. The minimum atomic E-state index is -1.13. The Kier molecular flexibility index (Phi) is 5.59. The molecule has 0 aliphatic heterocycles. The smallest absolute Gasteiger partial charge is 0.160 e. The van der Waals surface area contributed by atoms with E-state index in [0.717, 1.165) is 12.2 Å². The number of thioether (sulfide) groups is 1. The summed E-state index contributed by atoms with van der Waals surface area (Å²) in [4.78, 5) is 0. The van der Waals surface area contributed by atoms with Crippen molar-refractivity contribution in [2.45, 2.75) is 19.6 Å². The molecule has 0 aliphatic rings. The van der Waals surface area contributed by atoms with Gasteiger partial charge in [-0.3, -0.25) is 0 Å². The maximum Gasteiger partial charge on any atom is 0.160 e. The number of hydrogen-bond acceptors (Lipinski definition) is 3. The van der Waals surface area contributed by atoms with Gasteiger partial charge in [0.15, 0.2) is 6.29 Å². The molecule has 0 heterocycles. The van der Waals surface area contributed by atoms with Crippen molar-refractivity contribution in [2.24, 2.45) is 0 Å². The average molecular weight is 136 g/mol. The molecule has 0 saturated carbocycles. The summed E-state index contributed by atoms with van der Waals surface area (Å²) in [5, 5.41) is 16.6. The molecule has 0 radical (unpaired) electrons. The molecule has 0 fully saturated rings. The van der Waals surface area contributed by atoms with Gasteiger partial charge in [-0.05, 0) is 12.2 Å². The summed E-state index contributed by atoms with van der Waals surface area (Å²) in [7, 11) is 0. The minimum absolute atomic E-state index is 0.438. The maximum absolute atomic E-state index is 8.31. The molecule has 0 unspecified atom stereocenters. The van der Waals surface area contributed by atoms with Crippen LogP contribution in [0.4, 0.5) is 0 Å². The minimum Gasteiger partial charge on any atom is -0.367 e. The molecule has 0 aromatic rings. The Morgan fingerprint density at radius 2 is 2.12 bits per heavy atom. The third-order valence-corrected chi connectivity index (χ3v) is 1.85. The van der Waals surface area contributed by atoms with Gasteiger partial charge in [0.05, 0.1) is 0 Å². The van der Waals surface area contributed by atoms with Crippen LogP contribution in [0.2, 0.25) is 0 Å². The molecule has 0 aliphatic carbocycles. The zero-order valence-electron chi connectivity index (χ0n) is 5.00. The molecule has 0 aromatic carbocycles. The van der Waals surface area contributed by atoms with E-state index in [9.17, 15) is 0 Å². The highest BCUT2D eigenvalue weighted by Crippen LogP contribution is 2.01. The fraction of sp³-hybridized carbons (Fsp3) is 1.00. The Balaban J connectivity index is 2.72. The summed E-state index contributed by atoms with van der Waals surface area (Å²) >= 11 is 1.56. The van der Waals surface area contributed by atoms with Gasteiger partial charge in [-0.2, -0.15) is 11.8 Å². The average Bonchev–Trinajstić information content (AvgIpc) is 1.66. The van der Waals surface area contributed by atoms with Crippen LogP contribution in [-0.4, -0.2) is 28.0 Å². The lowest BCUT2D eigenvalue weighted by molar-refractivity contribution is -0.0186. The molecule has 0 atom stereocenters. The van der Waals surface area contributed by atoms with Crippen LogP contribution in [0.3, 0.4) is 0 Å². The summed E-state index contributed by atoms with van der Waals surface area (Å²) in [6.45, 7) is 2.07. The molecular formula is C5H12O2S. The monoisotopic (exact) mass is 136 g/mol. The first-order valence-electron chi connectivity index (χ1n) is 2.71. The van der Waals surface area contributed by atoms with Crippen molar-refractivity contribution in [2.75, 3.05) is 11.5 Å². The van der Waals surface area contributed by atoms with Crippen LogP contribution < -0.4 is 0 Å². The lowest BCUT2D eigenvalue weighted by Gasteiger charge is -1.99. The number of aliphatic hydroxyl groups excluding tert-OH is 1. The topological polar surface area (TPSA) is 40.5 Å². The third kappa shape index (κ3) is 6.27. The van der Waals surface area contributed by atoms with Crippen LogP contribution in [0.5, 0.6) is 0 Å². The van der Waals surface area contributed by atoms with Crippen LogP contribution in [0.1, 0.15) is 13.3 Å². The van der Waals surface area contributed by atoms with E-state index in [1.54, 1.807) is 11.8 Å². The van der Waals surface area contributed by atoms with E-state index in [4.69, 9.17) is 10.2 Å². The predicted octanol–water partition coefficient (Wildman–Crippen LogP) is 0.440. The van der Waals surface area contributed by atoms with E-state index >= 15 is 0 Å². The first kappa shape index (κ1) is 8.27. The van der Waals surface area contributed by atoms with E-state index in [-0.39, 0.29) is 0 Å². The maximum atomic E-state index is 8.31. The molecule has 3 heteroatoms. The molecule has 0 spiro atoms. The SMILES string of the molecule is CCCSCC(O)O. The molecule has 0 saturated heterocycles. The normalized spacial score (nSPS) is 10.5.